The van der Waals surface area contributed by atoms with Crippen LogP contribution < -0.4 is 5.73 Å². The molecule has 3 rings (SSSR count). The van der Waals surface area contributed by atoms with Crippen molar-refractivity contribution in [3.05, 3.63) is 17.8 Å². The second kappa shape index (κ2) is 7.39. The molecule has 0 aromatic carbocycles. The van der Waals surface area contributed by atoms with Gasteiger partial charge in [0.25, 0.3) is 0 Å². The predicted molar refractivity (Wildman–Crippen MR) is 97.0 cm³/mol. The van der Waals surface area contributed by atoms with Gasteiger partial charge in [-0.3, -0.25) is 15.5 Å². The van der Waals surface area contributed by atoms with E-state index in [9.17, 15) is 0 Å². The highest BCUT2D eigenvalue weighted by atomic mass is 15.3. The minimum absolute atomic E-state index is 0.340. The predicted octanol–water partition coefficient (Wildman–Crippen LogP) is 1.22. The second-order valence-electron chi connectivity index (χ2n) is 6.14. The Morgan fingerprint density at radius 3 is 2.83 bits per heavy atom. The SMILES string of the molecule is CN1CCN(C(=N)CC(N)=Nc2cc(C3=CCCC=N3)[nH]n2)CC1. The third-order valence-electron chi connectivity index (χ3n) is 4.20. The van der Waals surface area contributed by atoms with Crippen molar-refractivity contribution in [1.82, 2.24) is 20.0 Å². The average Bonchev–Trinajstić information content (AvgIpc) is 3.04. The Labute approximate surface area is 141 Å². The number of piperazine rings is 1. The first-order valence-corrected chi connectivity index (χ1v) is 8.24. The molecular formula is C16H24N8. The molecule has 0 aliphatic carbocycles. The van der Waals surface area contributed by atoms with Crippen molar-refractivity contribution in [3.8, 4) is 0 Å². The van der Waals surface area contributed by atoms with Crippen molar-refractivity contribution >= 4 is 29.4 Å². The van der Waals surface area contributed by atoms with Crippen molar-refractivity contribution in [3.63, 3.8) is 0 Å². The monoisotopic (exact) mass is 328 g/mol. The van der Waals surface area contributed by atoms with Crippen molar-refractivity contribution in [1.29, 1.82) is 5.41 Å². The normalized spacial score (nSPS) is 19.5. The van der Waals surface area contributed by atoms with Gasteiger partial charge in [-0.05, 0) is 19.9 Å². The summed E-state index contributed by atoms with van der Waals surface area (Å²) in [6, 6.07) is 1.83. The lowest BCUT2D eigenvalue weighted by Crippen LogP contribution is -2.47. The molecule has 0 atom stereocenters. The van der Waals surface area contributed by atoms with Crippen molar-refractivity contribution < 1.29 is 0 Å². The van der Waals surface area contributed by atoms with Gasteiger partial charge in [-0.15, -0.1) is 0 Å². The highest BCUT2D eigenvalue weighted by Crippen LogP contribution is 2.21. The van der Waals surface area contributed by atoms with Crippen LogP contribution in [0.25, 0.3) is 5.70 Å². The van der Waals surface area contributed by atoms with Crippen LogP contribution in [0.4, 0.5) is 5.82 Å². The number of rotatable bonds is 4. The maximum absolute atomic E-state index is 8.20. The molecule has 24 heavy (non-hydrogen) atoms. The molecule has 0 spiro atoms. The zero-order valence-electron chi connectivity index (χ0n) is 14.0. The van der Waals surface area contributed by atoms with E-state index >= 15 is 0 Å². The topological polar surface area (TPSA) is 110 Å². The minimum Gasteiger partial charge on any atom is -0.387 e. The lowest BCUT2D eigenvalue weighted by atomic mass is 10.2. The van der Waals surface area contributed by atoms with Crippen molar-refractivity contribution in [2.24, 2.45) is 15.7 Å². The van der Waals surface area contributed by atoms with Crippen LogP contribution in [0.15, 0.2) is 22.1 Å². The van der Waals surface area contributed by atoms with Gasteiger partial charge >= 0.3 is 0 Å². The molecule has 4 N–H and O–H groups in total. The number of likely N-dealkylation sites (N-methyl/N-ethyl adjacent to an activating group) is 1. The molecule has 0 saturated carbocycles. The molecule has 0 unspecified atom stereocenters. The number of amidine groups is 2. The van der Waals surface area contributed by atoms with E-state index < -0.39 is 0 Å². The van der Waals surface area contributed by atoms with Gasteiger partial charge in [0.1, 0.15) is 11.7 Å². The van der Waals surface area contributed by atoms with Crippen LogP contribution in [0.5, 0.6) is 0 Å². The molecule has 128 valence electrons. The fourth-order valence-electron chi connectivity index (χ4n) is 2.74. The van der Waals surface area contributed by atoms with Crippen LogP contribution in [0.3, 0.4) is 0 Å². The molecule has 3 heterocycles. The smallest absolute Gasteiger partial charge is 0.176 e. The summed E-state index contributed by atoms with van der Waals surface area (Å²) < 4.78 is 0. The molecule has 1 aromatic rings. The number of allylic oxidation sites excluding steroid dienone is 1. The van der Waals surface area contributed by atoms with Gasteiger partial charge in [-0.25, -0.2) is 4.99 Å². The molecular weight excluding hydrogens is 304 g/mol. The first-order valence-electron chi connectivity index (χ1n) is 8.24. The Hall–Kier alpha value is -2.48. The number of aromatic amines is 1. The van der Waals surface area contributed by atoms with Crippen molar-refractivity contribution in [2.45, 2.75) is 19.3 Å². The summed E-state index contributed by atoms with van der Waals surface area (Å²) in [6.45, 7) is 3.66. The maximum Gasteiger partial charge on any atom is 0.176 e. The molecule has 2 aliphatic rings. The van der Waals surface area contributed by atoms with Crippen LogP contribution >= 0.6 is 0 Å². The van der Waals surface area contributed by atoms with E-state index in [0.717, 1.165) is 50.4 Å². The average molecular weight is 328 g/mol. The molecule has 1 fully saturated rings. The van der Waals surface area contributed by atoms with E-state index in [1.807, 2.05) is 12.3 Å². The summed E-state index contributed by atoms with van der Waals surface area (Å²) in [6.07, 6.45) is 6.29. The second-order valence-corrected chi connectivity index (χ2v) is 6.14. The summed E-state index contributed by atoms with van der Waals surface area (Å²) in [5, 5.41) is 15.3. The summed E-state index contributed by atoms with van der Waals surface area (Å²) in [7, 11) is 2.09. The summed E-state index contributed by atoms with van der Waals surface area (Å²) in [5.74, 6) is 1.44. The first kappa shape index (κ1) is 16.4. The van der Waals surface area contributed by atoms with Gasteiger partial charge in [0.15, 0.2) is 5.82 Å². The lowest BCUT2D eigenvalue weighted by Gasteiger charge is -2.34. The summed E-state index contributed by atoms with van der Waals surface area (Å²) in [4.78, 5) is 13.0. The van der Waals surface area contributed by atoms with E-state index in [0.29, 0.717) is 23.9 Å². The summed E-state index contributed by atoms with van der Waals surface area (Å²) in [5.41, 5.74) is 7.73. The van der Waals surface area contributed by atoms with E-state index in [2.05, 4.69) is 43.1 Å². The van der Waals surface area contributed by atoms with Crippen molar-refractivity contribution in [2.75, 3.05) is 33.2 Å². The fraction of sp³-hybridized carbons (Fsp3) is 0.500. The van der Waals surface area contributed by atoms with Crippen LogP contribution in [0.2, 0.25) is 0 Å². The first-order chi connectivity index (χ1) is 11.6. The zero-order valence-corrected chi connectivity index (χ0v) is 14.0. The van der Waals surface area contributed by atoms with Gasteiger partial charge in [0, 0.05) is 38.5 Å². The Morgan fingerprint density at radius 2 is 2.12 bits per heavy atom. The number of aliphatic imine (C=N–C) groups is 2. The molecule has 0 bridgehead atoms. The Kier molecular flexibility index (Phi) is 5.05. The minimum atomic E-state index is 0.340. The molecule has 8 nitrogen and oxygen atoms in total. The standard InChI is InChI=1S/C16H24N8/c1-23-6-8-24(9-7-23)15(18)11-14(17)20-16-10-13(21-22-16)12-4-2-3-5-19-12/h4-5,10,18H,2-3,6-9,11H2,1H3,(H3,17,20,21,22). The zero-order chi connectivity index (χ0) is 16.9. The van der Waals surface area contributed by atoms with E-state index in [1.54, 1.807) is 0 Å². The highest BCUT2D eigenvalue weighted by Gasteiger charge is 2.17. The molecule has 8 heteroatoms. The molecule has 1 saturated heterocycles. The Balaban J connectivity index is 1.59. The highest BCUT2D eigenvalue weighted by molar-refractivity contribution is 6.01. The third-order valence-corrected chi connectivity index (χ3v) is 4.20. The third kappa shape index (κ3) is 4.08. The number of nitrogens with two attached hydrogens (primary N) is 1. The van der Waals surface area contributed by atoms with Gasteiger partial charge in [-0.2, -0.15) is 5.10 Å². The molecule has 2 aliphatic heterocycles. The van der Waals surface area contributed by atoms with E-state index in [1.165, 1.54) is 0 Å². The summed E-state index contributed by atoms with van der Waals surface area (Å²) >= 11 is 0. The van der Waals surface area contributed by atoms with Crippen LogP contribution in [0, 0.1) is 5.41 Å². The molecule has 0 radical (unpaired) electrons. The number of aromatic nitrogens is 2. The van der Waals surface area contributed by atoms with Gasteiger partial charge < -0.3 is 15.5 Å². The number of nitrogens with zero attached hydrogens (tertiary/aromatic N) is 5. The van der Waals surface area contributed by atoms with E-state index in [4.69, 9.17) is 11.1 Å². The maximum atomic E-state index is 8.20. The number of hydrogen-bond donors (Lipinski definition) is 3. The number of H-pyrrole nitrogens is 1. The van der Waals surface area contributed by atoms with Crippen LogP contribution in [-0.2, 0) is 0 Å². The number of hydrogen-bond acceptors (Lipinski definition) is 5. The molecule has 0 amide bonds. The quantitative estimate of drug-likeness (QED) is 0.570. The van der Waals surface area contributed by atoms with Gasteiger partial charge in [0.05, 0.1) is 17.8 Å². The lowest BCUT2D eigenvalue weighted by molar-refractivity contribution is 0.213. The fourth-order valence-corrected chi connectivity index (χ4v) is 2.74. The number of nitrogens with one attached hydrogen (secondary N) is 2. The van der Waals surface area contributed by atoms with Gasteiger partial charge in [0.2, 0.25) is 0 Å². The van der Waals surface area contributed by atoms with Gasteiger partial charge in [-0.1, -0.05) is 6.08 Å². The Bertz CT molecular complexity index is 676. The Morgan fingerprint density at radius 1 is 1.33 bits per heavy atom. The van der Waals surface area contributed by atoms with Crippen LogP contribution in [-0.4, -0.2) is 71.1 Å². The largest absolute Gasteiger partial charge is 0.387 e. The van der Waals surface area contributed by atoms with E-state index in [-0.39, 0.29) is 0 Å². The molecule has 1 aromatic heterocycles. The van der Waals surface area contributed by atoms with Crippen LogP contribution in [0.1, 0.15) is 25.0 Å².